The summed E-state index contributed by atoms with van der Waals surface area (Å²) in [4.78, 5) is 55.6. The van der Waals surface area contributed by atoms with Gasteiger partial charge in [0, 0.05) is 18.3 Å². The Balaban J connectivity index is 2.94. The Morgan fingerprint density at radius 3 is 2.38 bits per heavy atom. The van der Waals surface area contributed by atoms with E-state index in [-0.39, 0.29) is 12.3 Å². The fourth-order valence-corrected chi connectivity index (χ4v) is 2.93. The Morgan fingerprint density at radius 1 is 1.12 bits per heavy atom. The van der Waals surface area contributed by atoms with Crippen LogP contribution in [0.1, 0.15) is 45.2 Å². The number of nitrogens with zero attached hydrogens (tertiary/aromatic N) is 1. The monoisotopic (exact) mass is 453 g/mol. The molecule has 180 valence electrons. The van der Waals surface area contributed by atoms with E-state index in [9.17, 15) is 19.2 Å². The third-order valence-electron chi connectivity index (χ3n) is 5.17. The van der Waals surface area contributed by atoms with E-state index in [1.165, 1.54) is 12.5 Å². The molecular formula is C20H35N7O5. The average Bonchev–Trinajstić information content (AvgIpc) is 3.28. The van der Waals surface area contributed by atoms with E-state index >= 15 is 0 Å². The van der Waals surface area contributed by atoms with Crippen molar-refractivity contribution in [1.82, 2.24) is 25.9 Å². The predicted octanol–water partition coefficient (Wildman–Crippen LogP) is -1.37. The zero-order valence-corrected chi connectivity index (χ0v) is 18.6. The van der Waals surface area contributed by atoms with Gasteiger partial charge < -0.3 is 37.5 Å². The molecule has 0 radical (unpaired) electrons. The van der Waals surface area contributed by atoms with Gasteiger partial charge >= 0.3 is 5.97 Å². The normalized spacial score (nSPS) is 14.6. The summed E-state index contributed by atoms with van der Waals surface area (Å²) < 4.78 is 0. The average molecular weight is 454 g/mol. The molecule has 0 aliphatic carbocycles. The summed E-state index contributed by atoms with van der Waals surface area (Å²) in [6.45, 7) is 3.61. The molecule has 32 heavy (non-hydrogen) atoms. The fourth-order valence-electron chi connectivity index (χ4n) is 2.93. The second-order valence-electron chi connectivity index (χ2n) is 7.71. The maximum atomic E-state index is 13.0. The molecule has 0 spiro atoms. The number of rotatable bonds is 15. The number of amides is 3. The molecule has 12 heteroatoms. The summed E-state index contributed by atoms with van der Waals surface area (Å²) in [7, 11) is 0. The van der Waals surface area contributed by atoms with Crippen molar-refractivity contribution in [1.29, 1.82) is 0 Å². The van der Waals surface area contributed by atoms with Crippen LogP contribution in [0.5, 0.6) is 0 Å². The largest absolute Gasteiger partial charge is 0.480 e. The molecule has 0 fully saturated rings. The number of aromatic nitrogens is 2. The van der Waals surface area contributed by atoms with Crippen LogP contribution in [0.4, 0.5) is 0 Å². The number of aliphatic carboxylic acids is 1. The highest BCUT2D eigenvalue weighted by Crippen LogP contribution is 2.08. The Kier molecular flexibility index (Phi) is 12.0. The highest BCUT2D eigenvalue weighted by molar-refractivity contribution is 5.93. The smallest absolute Gasteiger partial charge is 0.322 e. The van der Waals surface area contributed by atoms with Crippen molar-refractivity contribution in [2.75, 3.05) is 13.1 Å². The Hall–Kier alpha value is -2.99. The molecule has 0 bridgehead atoms. The molecule has 4 atom stereocenters. The molecule has 0 saturated carbocycles. The van der Waals surface area contributed by atoms with Crippen LogP contribution in [0.3, 0.4) is 0 Å². The number of H-pyrrole nitrogens is 1. The molecule has 1 aromatic rings. The highest BCUT2D eigenvalue weighted by Gasteiger charge is 2.29. The van der Waals surface area contributed by atoms with Gasteiger partial charge in [-0.3, -0.25) is 19.2 Å². The van der Waals surface area contributed by atoms with Crippen LogP contribution in [-0.4, -0.2) is 70.0 Å². The van der Waals surface area contributed by atoms with Crippen molar-refractivity contribution in [3.8, 4) is 0 Å². The third kappa shape index (κ3) is 9.43. The van der Waals surface area contributed by atoms with Gasteiger partial charge in [0.1, 0.15) is 18.6 Å². The number of carbonyl (C=O) groups is 4. The van der Waals surface area contributed by atoms with Gasteiger partial charge in [-0.15, -0.1) is 0 Å². The van der Waals surface area contributed by atoms with Crippen LogP contribution in [0.2, 0.25) is 0 Å². The van der Waals surface area contributed by atoms with Crippen LogP contribution in [0.15, 0.2) is 12.5 Å². The molecule has 3 amide bonds. The van der Waals surface area contributed by atoms with E-state index in [1.807, 2.05) is 13.8 Å². The van der Waals surface area contributed by atoms with Gasteiger partial charge in [-0.2, -0.15) is 0 Å². The lowest BCUT2D eigenvalue weighted by Gasteiger charge is -2.25. The van der Waals surface area contributed by atoms with Crippen molar-refractivity contribution in [3.63, 3.8) is 0 Å². The third-order valence-corrected chi connectivity index (χ3v) is 5.17. The first-order chi connectivity index (χ1) is 15.2. The summed E-state index contributed by atoms with van der Waals surface area (Å²) in [5.74, 6) is -2.97. The molecule has 0 aromatic carbocycles. The number of carboxylic acids is 1. The summed E-state index contributed by atoms with van der Waals surface area (Å²) in [6, 6.07) is -2.76. The molecule has 9 N–H and O–H groups in total. The van der Waals surface area contributed by atoms with Crippen molar-refractivity contribution < 1.29 is 24.3 Å². The minimum absolute atomic E-state index is 0.0625. The number of carbonyl (C=O) groups excluding carboxylic acids is 3. The summed E-state index contributed by atoms with van der Waals surface area (Å²) >= 11 is 0. The van der Waals surface area contributed by atoms with E-state index < -0.39 is 48.4 Å². The number of imidazole rings is 1. The molecular weight excluding hydrogens is 418 g/mol. The number of nitrogens with two attached hydrogens (primary N) is 2. The zero-order chi connectivity index (χ0) is 24.1. The quantitative estimate of drug-likeness (QED) is 0.157. The fraction of sp³-hybridized carbons (Fsp3) is 0.650. The van der Waals surface area contributed by atoms with Crippen molar-refractivity contribution in [2.24, 2.45) is 17.4 Å². The molecule has 4 unspecified atom stereocenters. The second-order valence-corrected chi connectivity index (χ2v) is 7.71. The van der Waals surface area contributed by atoms with Crippen LogP contribution >= 0.6 is 0 Å². The lowest BCUT2D eigenvalue weighted by Crippen LogP contribution is -2.57. The predicted molar refractivity (Wildman–Crippen MR) is 117 cm³/mol. The molecule has 1 aromatic heterocycles. The number of nitrogens with one attached hydrogen (secondary N) is 4. The Bertz CT molecular complexity index is 741. The lowest BCUT2D eigenvalue weighted by atomic mass is 9.98. The SMILES string of the molecule is CCC(C)C(N)C(=O)NC(CCCCN)C(=O)NC(Cc1cnc[nH]1)C(=O)NCC(=O)O. The molecule has 12 nitrogen and oxygen atoms in total. The molecule has 1 heterocycles. The van der Waals surface area contributed by atoms with E-state index in [0.717, 1.165) is 0 Å². The van der Waals surface area contributed by atoms with Gasteiger partial charge in [0.2, 0.25) is 17.7 Å². The molecule has 1 rings (SSSR count). The molecule has 0 saturated heterocycles. The molecule has 0 aliphatic heterocycles. The molecule has 0 aliphatic rings. The first kappa shape index (κ1) is 27.0. The topological polar surface area (TPSA) is 205 Å². The van der Waals surface area contributed by atoms with Gasteiger partial charge in [-0.1, -0.05) is 20.3 Å². The highest BCUT2D eigenvalue weighted by atomic mass is 16.4. The van der Waals surface area contributed by atoms with E-state index in [1.54, 1.807) is 0 Å². The number of aromatic amines is 1. The van der Waals surface area contributed by atoms with Crippen molar-refractivity contribution in [2.45, 2.75) is 64.1 Å². The van der Waals surface area contributed by atoms with Gasteiger partial charge in [-0.25, -0.2) is 4.98 Å². The van der Waals surface area contributed by atoms with Crippen LogP contribution in [0, 0.1) is 5.92 Å². The van der Waals surface area contributed by atoms with Crippen LogP contribution < -0.4 is 27.4 Å². The maximum absolute atomic E-state index is 13.0. The van der Waals surface area contributed by atoms with E-state index in [0.29, 0.717) is 37.9 Å². The summed E-state index contributed by atoms with van der Waals surface area (Å²) in [5.41, 5.74) is 12.1. The van der Waals surface area contributed by atoms with E-state index in [2.05, 4.69) is 25.9 Å². The Morgan fingerprint density at radius 2 is 1.81 bits per heavy atom. The van der Waals surface area contributed by atoms with Crippen molar-refractivity contribution >= 4 is 23.7 Å². The van der Waals surface area contributed by atoms with Crippen molar-refractivity contribution in [3.05, 3.63) is 18.2 Å². The number of hydrogen-bond acceptors (Lipinski definition) is 7. The van der Waals surface area contributed by atoms with Gasteiger partial charge in [-0.05, 0) is 31.7 Å². The summed E-state index contributed by atoms with van der Waals surface area (Å²) in [6.07, 6.45) is 5.25. The van der Waals surface area contributed by atoms with Gasteiger partial charge in [0.15, 0.2) is 0 Å². The Labute approximate surface area is 187 Å². The van der Waals surface area contributed by atoms with Crippen LogP contribution in [-0.2, 0) is 25.6 Å². The lowest BCUT2D eigenvalue weighted by molar-refractivity contribution is -0.138. The van der Waals surface area contributed by atoms with E-state index in [4.69, 9.17) is 16.6 Å². The van der Waals surface area contributed by atoms with Gasteiger partial charge in [0.25, 0.3) is 0 Å². The van der Waals surface area contributed by atoms with Crippen LogP contribution in [0.25, 0.3) is 0 Å². The minimum atomic E-state index is -1.21. The number of hydrogen-bond donors (Lipinski definition) is 7. The summed E-state index contributed by atoms with van der Waals surface area (Å²) in [5, 5.41) is 16.4. The standard InChI is InChI=1S/C20H35N7O5/c1-3-12(2)17(22)20(32)26-14(6-4-5-7-21)19(31)27-15(8-13-9-23-11-25-13)18(30)24-10-16(28)29/h9,11-12,14-15,17H,3-8,10,21-22H2,1-2H3,(H,23,25)(H,24,30)(H,26,32)(H,27,31)(H,28,29). The maximum Gasteiger partial charge on any atom is 0.322 e. The first-order valence-corrected chi connectivity index (χ1v) is 10.7. The first-order valence-electron chi connectivity index (χ1n) is 10.7. The van der Waals surface area contributed by atoms with Gasteiger partial charge in [0.05, 0.1) is 12.4 Å². The number of unbranched alkanes of at least 4 members (excludes halogenated alkanes) is 1. The zero-order valence-electron chi connectivity index (χ0n) is 18.6. The minimum Gasteiger partial charge on any atom is -0.480 e. The number of carboxylic acid groups (broad SMARTS) is 1. The second kappa shape index (κ2) is 14.1.